The van der Waals surface area contributed by atoms with Crippen molar-refractivity contribution in [3.05, 3.63) is 23.8 Å². The maximum atomic E-state index is 12.9. The second-order valence-electron chi connectivity index (χ2n) is 5.91. The van der Waals surface area contributed by atoms with Gasteiger partial charge in [-0.3, -0.25) is 0 Å². The third kappa shape index (κ3) is 4.80. The predicted octanol–water partition coefficient (Wildman–Crippen LogP) is 3.15. The number of urea groups is 1. The van der Waals surface area contributed by atoms with Crippen molar-refractivity contribution in [2.24, 2.45) is 0 Å². The standard InChI is InChI=1S/C16H21F3N2O4S/c1-3-21(12-7-8-26(23,24)10-12)15(22)20-13-9-11(16(17,18)19)5-6-14(13)25-4-2/h5-6,9,12H,3-4,7-8,10H2,1-2H3,(H,20,22). The Hall–Kier alpha value is -1.97. The molecule has 0 spiro atoms. The number of carbonyl (C=O) groups is 1. The zero-order valence-electron chi connectivity index (χ0n) is 14.5. The van der Waals surface area contributed by atoms with Crippen molar-refractivity contribution in [2.75, 3.05) is 30.0 Å². The first-order chi connectivity index (χ1) is 12.1. The number of ether oxygens (including phenoxy) is 1. The lowest BCUT2D eigenvalue weighted by Gasteiger charge is -2.27. The van der Waals surface area contributed by atoms with E-state index in [1.54, 1.807) is 13.8 Å². The van der Waals surface area contributed by atoms with E-state index in [1.165, 1.54) is 4.90 Å². The van der Waals surface area contributed by atoms with Gasteiger partial charge in [-0.15, -0.1) is 0 Å². The molecule has 0 saturated carbocycles. The molecule has 2 rings (SSSR count). The van der Waals surface area contributed by atoms with E-state index >= 15 is 0 Å². The molecule has 0 aliphatic carbocycles. The van der Waals surface area contributed by atoms with Crippen molar-refractivity contribution in [2.45, 2.75) is 32.5 Å². The molecule has 1 aliphatic rings. The lowest BCUT2D eigenvalue weighted by molar-refractivity contribution is -0.137. The fraction of sp³-hybridized carbons (Fsp3) is 0.562. The van der Waals surface area contributed by atoms with E-state index in [4.69, 9.17) is 4.74 Å². The Morgan fingerprint density at radius 2 is 2.04 bits per heavy atom. The summed E-state index contributed by atoms with van der Waals surface area (Å²) in [6.45, 7) is 3.80. The number of anilines is 1. The maximum absolute atomic E-state index is 12.9. The maximum Gasteiger partial charge on any atom is 0.416 e. The van der Waals surface area contributed by atoms with Crippen LogP contribution in [0.5, 0.6) is 5.75 Å². The van der Waals surface area contributed by atoms with Crippen LogP contribution in [0.3, 0.4) is 0 Å². The summed E-state index contributed by atoms with van der Waals surface area (Å²) >= 11 is 0. The van der Waals surface area contributed by atoms with Crippen molar-refractivity contribution >= 4 is 21.6 Å². The molecule has 1 saturated heterocycles. The van der Waals surface area contributed by atoms with Gasteiger partial charge in [-0.25, -0.2) is 13.2 Å². The Kier molecular flexibility index (Phi) is 6.05. The zero-order chi connectivity index (χ0) is 19.5. The van der Waals surface area contributed by atoms with Crippen molar-refractivity contribution in [1.82, 2.24) is 4.90 Å². The molecule has 0 radical (unpaired) electrons. The van der Waals surface area contributed by atoms with Crippen LogP contribution in [0.15, 0.2) is 18.2 Å². The minimum Gasteiger partial charge on any atom is -0.492 e. The number of nitrogens with one attached hydrogen (secondary N) is 1. The van der Waals surface area contributed by atoms with Crippen LogP contribution >= 0.6 is 0 Å². The highest BCUT2D eigenvalue weighted by Crippen LogP contribution is 2.35. The Labute approximate surface area is 150 Å². The van der Waals surface area contributed by atoms with E-state index < -0.39 is 33.6 Å². The number of hydrogen-bond donors (Lipinski definition) is 1. The predicted molar refractivity (Wildman–Crippen MR) is 91.1 cm³/mol. The molecule has 1 aromatic carbocycles. The van der Waals surface area contributed by atoms with Crippen LogP contribution in [-0.2, 0) is 16.0 Å². The normalized spacial score (nSPS) is 19.2. The number of halogens is 3. The molecule has 2 amide bonds. The molecular formula is C16H21F3N2O4S. The molecule has 1 aliphatic heterocycles. The second-order valence-corrected chi connectivity index (χ2v) is 8.14. The Balaban J connectivity index is 2.25. The van der Waals surface area contributed by atoms with Crippen LogP contribution in [0, 0.1) is 0 Å². The molecule has 1 unspecified atom stereocenters. The van der Waals surface area contributed by atoms with E-state index in [-0.39, 0.29) is 36.1 Å². The monoisotopic (exact) mass is 394 g/mol. The lowest BCUT2D eigenvalue weighted by Crippen LogP contribution is -2.43. The smallest absolute Gasteiger partial charge is 0.416 e. The van der Waals surface area contributed by atoms with Gasteiger partial charge in [-0.2, -0.15) is 13.2 Å². The van der Waals surface area contributed by atoms with Crippen molar-refractivity contribution in [1.29, 1.82) is 0 Å². The fourth-order valence-corrected chi connectivity index (χ4v) is 4.59. The summed E-state index contributed by atoms with van der Waals surface area (Å²) < 4.78 is 67.4. The van der Waals surface area contributed by atoms with Gasteiger partial charge in [-0.1, -0.05) is 0 Å². The number of amides is 2. The largest absolute Gasteiger partial charge is 0.492 e. The number of carbonyl (C=O) groups excluding carboxylic acids is 1. The van der Waals surface area contributed by atoms with Crippen LogP contribution in [-0.4, -0.2) is 50.0 Å². The van der Waals surface area contributed by atoms with Gasteiger partial charge >= 0.3 is 12.2 Å². The molecule has 6 nitrogen and oxygen atoms in total. The highest BCUT2D eigenvalue weighted by Gasteiger charge is 2.35. The van der Waals surface area contributed by atoms with Crippen LogP contribution in [0.2, 0.25) is 0 Å². The summed E-state index contributed by atoms with van der Waals surface area (Å²) in [5.41, 5.74) is -1.02. The number of alkyl halides is 3. The molecule has 146 valence electrons. The van der Waals surface area contributed by atoms with E-state index in [9.17, 15) is 26.4 Å². The lowest BCUT2D eigenvalue weighted by atomic mass is 10.1. The molecule has 0 bridgehead atoms. The molecule has 10 heteroatoms. The van der Waals surface area contributed by atoms with E-state index in [2.05, 4.69) is 5.32 Å². The van der Waals surface area contributed by atoms with E-state index in [0.717, 1.165) is 18.2 Å². The molecular weight excluding hydrogens is 373 g/mol. The van der Waals surface area contributed by atoms with Gasteiger partial charge < -0.3 is 15.0 Å². The number of nitrogens with zero attached hydrogens (tertiary/aromatic N) is 1. The molecule has 1 heterocycles. The minimum absolute atomic E-state index is 0.00476. The third-order valence-corrected chi connectivity index (χ3v) is 5.85. The second kappa shape index (κ2) is 7.73. The molecule has 1 N–H and O–H groups in total. The highest BCUT2D eigenvalue weighted by atomic mass is 32.2. The van der Waals surface area contributed by atoms with Gasteiger partial charge in [0.2, 0.25) is 0 Å². The Bertz CT molecular complexity index is 765. The first-order valence-corrected chi connectivity index (χ1v) is 10.0. The molecule has 1 atom stereocenters. The van der Waals surface area contributed by atoms with Gasteiger partial charge in [-0.05, 0) is 38.5 Å². The average Bonchev–Trinajstić information content (AvgIpc) is 2.88. The molecule has 1 fully saturated rings. The number of benzene rings is 1. The number of sulfone groups is 1. The van der Waals surface area contributed by atoms with Crippen LogP contribution in [0.4, 0.5) is 23.7 Å². The van der Waals surface area contributed by atoms with Gasteiger partial charge in [0.25, 0.3) is 0 Å². The first kappa shape index (κ1) is 20.3. The Morgan fingerprint density at radius 3 is 2.54 bits per heavy atom. The van der Waals surface area contributed by atoms with Gasteiger partial charge in [0.15, 0.2) is 9.84 Å². The van der Waals surface area contributed by atoms with Crippen molar-refractivity contribution in [3.63, 3.8) is 0 Å². The SMILES string of the molecule is CCOc1ccc(C(F)(F)F)cc1NC(=O)N(CC)C1CCS(=O)(=O)C1. The minimum atomic E-state index is -4.56. The summed E-state index contributed by atoms with van der Waals surface area (Å²) in [5, 5.41) is 2.43. The summed E-state index contributed by atoms with van der Waals surface area (Å²) in [6, 6.07) is 1.68. The van der Waals surface area contributed by atoms with Crippen LogP contribution in [0.1, 0.15) is 25.8 Å². The van der Waals surface area contributed by atoms with Crippen molar-refractivity contribution < 1.29 is 31.1 Å². The molecule has 0 aromatic heterocycles. The average molecular weight is 394 g/mol. The summed E-state index contributed by atoms with van der Waals surface area (Å²) in [6.07, 6.45) is -4.25. The topological polar surface area (TPSA) is 75.7 Å². The molecule has 1 aromatic rings. The third-order valence-electron chi connectivity index (χ3n) is 4.10. The van der Waals surface area contributed by atoms with Crippen LogP contribution < -0.4 is 10.1 Å². The summed E-state index contributed by atoms with van der Waals surface area (Å²) in [7, 11) is -3.19. The van der Waals surface area contributed by atoms with E-state index in [1.807, 2.05) is 0 Å². The first-order valence-electron chi connectivity index (χ1n) is 8.19. The van der Waals surface area contributed by atoms with Gasteiger partial charge in [0.1, 0.15) is 5.75 Å². The molecule has 26 heavy (non-hydrogen) atoms. The van der Waals surface area contributed by atoms with Crippen molar-refractivity contribution in [3.8, 4) is 5.75 Å². The fourth-order valence-electron chi connectivity index (χ4n) is 2.86. The van der Waals surface area contributed by atoms with Crippen LogP contribution in [0.25, 0.3) is 0 Å². The van der Waals surface area contributed by atoms with Gasteiger partial charge in [0, 0.05) is 12.6 Å². The highest BCUT2D eigenvalue weighted by molar-refractivity contribution is 7.91. The number of rotatable bonds is 5. The summed E-state index contributed by atoms with van der Waals surface area (Å²) in [4.78, 5) is 13.9. The zero-order valence-corrected chi connectivity index (χ0v) is 15.3. The Morgan fingerprint density at radius 1 is 1.35 bits per heavy atom. The van der Waals surface area contributed by atoms with E-state index in [0.29, 0.717) is 6.42 Å². The van der Waals surface area contributed by atoms with Gasteiger partial charge in [0.05, 0.1) is 29.4 Å². The quantitative estimate of drug-likeness (QED) is 0.833. The summed E-state index contributed by atoms with van der Waals surface area (Å²) in [5.74, 6) is -0.0337. The number of hydrogen-bond acceptors (Lipinski definition) is 4.